The van der Waals surface area contributed by atoms with E-state index in [1.807, 2.05) is 32.9 Å². The number of alkyl halides is 3. The molecule has 0 bridgehead atoms. The van der Waals surface area contributed by atoms with Crippen LogP contribution in [0.1, 0.15) is 22.3 Å². The third-order valence-electron chi connectivity index (χ3n) is 4.33. The lowest BCUT2D eigenvalue weighted by Gasteiger charge is -2.13. The number of nitrogens with zero attached hydrogens (tertiary/aromatic N) is 2. The Morgan fingerprint density at radius 3 is 2.48 bits per heavy atom. The van der Waals surface area contributed by atoms with Gasteiger partial charge < -0.3 is 5.32 Å². The van der Waals surface area contributed by atoms with Crippen LogP contribution >= 0.6 is 11.8 Å². The molecule has 0 fully saturated rings. The van der Waals surface area contributed by atoms with Crippen molar-refractivity contribution in [3.05, 3.63) is 71.0 Å². The first-order valence-corrected chi connectivity index (χ1v) is 9.85. The molecule has 152 valence electrons. The van der Waals surface area contributed by atoms with Gasteiger partial charge in [-0.3, -0.25) is 9.36 Å². The van der Waals surface area contributed by atoms with Crippen molar-refractivity contribution < 1.29 is 18.0 Å². The first-order valence-electron chi connectivity index (χ1n) is 8.86. The van der Waals surface area contributed by atoms with Crippen molar-refractivity contribution in [1.29, 1.82) is 0 Å². The molecule has 0 aliphatic rings. The average molecular weight is 419 g/mol. The minimum atomic E-state index is -4.42. The summed E-state index contributed by atoms with van der Waals surface area (Å²) in [5.74, 6) is -0.119. The Balaban J connectivity index is 1.72. The number of aryl methyl sites for hydroxylation is 3. The van der Waals surface area contributed by atoms with Crippen molar-refractivity contribution >= 4 is 23.4 Å². The number of carbonyl (C=O) groups is 1. The van der Waals surface area contributed by atoms with Crippen molar-refractivity contribution in [3.63, 3.8) is 0 Å². The zero-order chi connectivity index (χ0) is 21.2. The summed E-state index contributed by atoms with van der Waals surface area (Å²) in [7, 11) is 0. The van der Waals surface area contributed by atoms with Crippen LogP contribution in [-0.2, 0) is 11.0 Å². The number of aromatic nitrogens is 2. The Hall–Kier alpha value is -2.74. The van der Waals surface area contributed by atoms with E-state index < -0.39 is 11.7 Å². The molecule has 0 atom stereocenters. The lowest BCUT2D eigenvalue weighted by molar-refractivity contribution is -0.137. The molecule has 3 rings (SSSR count). The van der Waals surface area contributed by atoms with Crippen LogP contribution in [-0.4, -0.2) is 21.2 Å². The molecule has 0 saturated heterocycles. The van der Waals surface area contributed by atoms with Crippen LogP contribution in [0.2, 0.25) is 0 Å². The van der Waals surface area contributed by atoms with E-state index in [2.05, 4.69) is 10.3 Å². The van der Waals surface area contributed by atoms with Crippen LogP contribution in [0.3, 0.4) is 0 Å². The smallest absolute Gasteiger partial charge is 0.325 e. The fourth-order valence-electron chi connectivity index (χ4n) is 3.11. The summed E-state index contributed by atoms with van der Waals surface area (Å²) in [6.45, 7) is 5.86. The van der Waals surface area contributed by atoms with Crippen LogP contribution in [0, 0.1) is 20.8 Å². The van der Waals surface area contributed by atoms with Crippen LogP contribution in [0.4, 0.5) is 18.9 Å². The van der Waals surface area contributed by atoms with Gasteiger partial charge in [0.05, 0.1) is 11.3 Å². The summed E-state index contributed by atoms with van der Waals surface area (Å²) in [5.41, 5.74) is 3.46. The molecule has 3 aromatic rings. The van der Waals surface area contributed by atoms with E-state index in [1.165, 1.54) is 16.8 Å². The maximum absolute atomic E-state index is 13.0. The van der Waals surface area contributed by atoms with E-state index in [4.69, 9.17) is 0 Å². The van der Waals surface area contributed by atoms with E-state index >= 15 is 0 Å². The molecule has 0 aliphatic carbocycles. The molecule has 1 heterocycles. The van der Waals surface area contributed by atoms with Crippen LogP contribution in [0.25, 0.3) is 5.69 Å². The quantitative estimate of drug-likeness (QED) is 0.552. The summed E-state index contributed by atoms with van der Waals surface area (Å²) in [4.78, 5) is 16.6. The van der Waals surface area contributed by atoms with E-state index in [9.17, 15) is 18.0 Å². The van der Waals surface area contributed by atoms with Crippen LogP contribution in [0.5, 0.6) is 0 Å². The highest BCUT2D eigenvalue weighted by Gasteiger charge is 2.30. The minimum absolute atomic E-state index is 0.0860. The third-order valence-corrected chi connectivity index (χ3v) is 5.30. The van der Waals surface area contributed by atoms with Crippen molar-refractivity contribution in [2.45, 2.75) is 32.1 Å². The number of thioether (sulfide) groups is 1. The topological polar surface area (TPSA) is 46.9 Å². The molecular formula is C21H20F3N3OS. The first-order chi connectivity index (χ1) is 13.6. The molecule has 29 heavy (non-hydrogen) atoms. The second-order valence-corrected chi connectivity index (χ2v) is 7.68. The zero-order valence-electron chi connectivity index (χ0n) is 16.2. The number of imidazole rings is 1. The molecule has 1 N–H and O–H groups in total. The zero-order valence-corrected chi connectivity index (χ0v) is 17.0. The summed E-state index contributed by atoms with van der Waals surface area (Å²) >= 11 is 1.16. The number of amides is 1. The molecule has 0 saturated carbocycles. The molecular weight excluding hydrogens is 399 g/mol. The van der Waals surface area contributed by atoms with Crippen molar-refractivity contribution in [2.75, 3.05) is 11.1 Å². The fraction of sp³-hybridized carbons (Fsp3) is 0.238. The van der Waals surface area contributed by atoms with E-state index in [1.54, 1.807) is 12.3 Å². The van der Waals surface area contributed by atoms with Gasteiger partial charge in [0.25, 0.3) is 0 Å². The summed E-state index contributed by atoms with van der Waals surface area (Å²) in [5, 5.41) is 3.35. The highest BCUT2D eigenvalue weighted by atomic mass is 32.2. The Bertz CT molecular complexity index is 1020. The molecule has 0 radical (unpaired) electrons. The molecule has 1 aromatic heterocycles. The molecule has 1 amide bonds. The maximum atomic E-state index is 13.0. The summed E-state index contributed by atoms with van der Waals surface area (Å²) in [6.07, 6.45) is -1.35. The van der Waals surface area contributed by atoms with Gasteiger partial charge in [-0.05, 0) is 50.1 Å². The van der Waals surface area contributed by atoms with E-state index in [0.717, 1.165) is 46.3 Å². The third kappa shape index (κ3) is 5.00. The number of rotatable bonds is 5. The SMILES string of the molecule is Cc1cc(C)c(NC(=O)CSc2nccn2-c2cccc(C(F)(F)F)c2)c(C)c1. The number of halogens is 3. The minimum Gasteiger partial charge on any atom is -0.325 e. The number of anilines is 1. The lowest BCUT2D eigenvalue weighted by atomic mass is 10.1. The summed E-state index contributed by atoms with van der Waals surface area (Å²) < 4.78 is 40.5. The maximum Gasteiger partial charge on any atom is 0.416 e. The standard InChI is InChI=1S/C21H20F3N3OS/c1-13-9-14(2)19(15(3)10-13)26-18(28)12-29-20-25-7-8-27(20)17-6-4-5-16(11-17)21(22,23)24/h4-11H,12H2,1-3H3,(H,26,28). The monoisotopic (exact) mass is 419 g/mol. The summed E-state index contributed by atoms with van der Waals surface area (Å²) in [6, 6.07) is 8.99. The lowest BCUT2D eigenvalue weighted by Crippen LogP contribution is -2.16. The van der Waals surface area contributed by atoms with Crippen LogP contribution < -0.4 is 5.32 Å². The number of hydrogen-bond donors (Lipinski definition) is 1. The second-order valence-electron chi connectivity index (χ2n) is 6.74. The predicted octanol–water partition coefficient (Wildman–Crippen LogP) is 5.55. The first kappa shape index (κ1) is 21.0. The van der Waals surface area contributed by atoms with E-state index in [-0.39, 0.29) is 11.7 Å². The largest absolute Gasteiger partial charge is 0.416 e. The Kier molecular flexibility index (Phi) is 6.02. The van der Waals surface area contributed by atoms with Crippen molar-refractivity contribution in [1.82, 2.24) is 9.55 Å². The van der Waals surface area contributed by atoms with Gasteiger partial charge in [-0.1, -0.05) is 35.5 Å². The van der Waals surface area contributed by atoms with Gasteiger partial charge >= 0.3 is 6.18 Å². The van der Waals surface area contributed by atoms with Gasteiger partial charge in [-0.2, -0.15) is 13.2 Å². The Morgan fingerprint density at radius 1 is 1.14 bits per heavy atom. The Morgan fingerprint density at radius 2 is 1.83 bits per heavy atom. The second kappa shape index (κ2) is 8.32. The fourth-order valence-corrected chi connectivity index (χ4v) is 3.88. The number of carbonyl (C=O) groups excluding carboxylic acids is 1. The van der Waals surface area contributed by atoms with Gasteiger partial charge in [0.1, 0.15) is 0 Å². The van der Waals surface area contributed by atoms with Crippen molar-refractivity contribution in [2.24, 2.45) is 0 Å². The molecule has 0 unspecified atom stereocenters. The van der Waals surface area contributed by atoms with Gasteiger partial charge in [0.2, 0.25) is 5.91 Å². The van der Waals surface area contributed by atoms with Gasteiger partial charge in [0.15, 0.2) is 5.16 Å². The number of benzene rings is 2. The highest BCUT2D eigenvalue weighted by molar-refractivity contribution is 7.99. The Labute approximate surface area is 171 Å². The number of nitrogens with one attached hydrogen (secondary N) is 1. The van der Waals surface area contributed by atoms with Gasteiger partial charge in [-0.25, -0.2) is 4.98 Å². The predicted molar refractivity (Wildman–Crippen MR) is 109 cm³/mol. The number of hydrogen-bond acceptors (Lipinski definition) is 3. The molecule has 2 aromatic carbocycles. The average Bonchev–Trinajstić information content (AvgIpc) is 3.11. The van der Waals surface area contributed by atoms with Gasteiger partial charge in [-0.15, -0.1) is 0 Å². The van der Waals surface area contributed by atoms with E-state index in [0.29, 0.717) is 10.8 Å². The van der Waals surface area contributed by atoms with Crippen LogP contribution in [0.15, 0.2) is 53.9 Å². The molecule has 0 spiro atoms. The molecule has 0 aliphatic heterocycles. The highest BCUT2D eigenvalue weighted by Crippen LogP contribution is 2.31. The normalized spacial score (nSPS) is 11.5. The van der Waals surface area contributed by atoms with Crippen molar-refractivity contribution in [3.8, 4) is 5.69 Å². The molecule has 8 heteroatoms. The molecule has 4 nitrogen and oxygen atoms in total. The van der Waals surface area contributed by atoms with Gasteiger partial charge in [0, 0.05) is 23.8 Å².